The molecule has 1 atom stereocenters. The summed E-state index contributed by atoms with van der Waals surface area (Å²) in [6, 6.07) is 0. The Bertz CT molecular complexity index is 263. The molecule has 0 saturated carbocycles. The summed E-state index contributed by atoms with van der Waals surface area (Å²) in [6.07, 6.45) is 1.08. The molecule has 1 fully saturated rings. The highest BCUT2D eigenvalue weighted by atomic mass is 32.1. The second kappa shape index (κ2) is 3.85. The highest BCUT2D eigenvalue weighted by Gasteiger charge is 2.36. The SMILES string of the molecule is CC1CCN(C(=O)C(C)(C)C(N)=S)C1. The number of carbonyl (C=O) groups is 1. The van der Waals surface area contributed by atoms with Gasteiger partial charge in [-0.1, -0.05) is 19.1 Å². The van der Waals surface area contributed by atoms with Gasteiger partial charge in [0, 0.05) is 13.1 Å². The summed E-state index contributed by atoms with van der Waals surface area (Å²) in [6.45, 7) is 7.42. The molecule has 0 aliphatic carbocycles. The average Bonchev–Trinajstić information content (AvgIpc) is 2.50. The second-order valence-electron chi connectivity index (χ2n) is 4.63. The number of hydrogen-bond acceptors (Lipinski definition) is 2. The van der Waals surface area contributed by atoms with E-state index in [-0.39, 0.29) is 10.9 Å². The Balaban J connectivity index is 2.70. The number of likely N-dealkylation sites (tertiary alicyclic amines) is 1. The molecule has 3 nitrogen and oxygen atoms in total. The van der Waals surface area contributed by atoms with Crippen molar-refractivity contribution >= 4 is 23.1 Å². The summed E-state index contributed by atoms with van der Waals surface area (Å²) < 4.78 is 0. The Morgan fingerprint density at radius 3 is 2.50 bits per heavy atom. The van der Waals surface area contributed by atoms with Crippen LogP contribution in [0.3, 0.4) is 0 Å². The molecule has 0 aromatic heterocycles. The van der Waals surface area contributed by atoms with Gasteiger partial charge < -0.3 is 10.6 Å². The maximum absolute atomic E-state index is 12.0. The summed E-state index contributed by atoms with van der Waals surface area (Å²) >= 11 is 4.90. The monoisotopic (exact) mass is 214 g/mol. The fourth-order valence-corrected chi connectivity index (χ4v) is 1.71. The largest absolute Gasteiger partial charge is 0.392 e. The number of thiocarbonyl (C=S) groups is 1. The first-order valence-electron chi connectivity index (χ1n) is 4.95. The maximum Gasteiger partial charge on any atom is 0.235 e. The van der Waals surface area contributed by atoms with E-state index in [1.165, 1.54) is 0 Å². The number of rotatable bonds is 2. The van der Waals surface area contributed by atoms with E-state index in [0.29, 0.717) is 5.92 Å². The first-order chi connectivity index (χ1) is 6.35. The average molecular weight is 214 g/mol. The van der Waals surface area contributed by atoms with Crippen LogP contribution in [-0.4, -0.2) is 28.9 Å². The van der Waals surface area contributed by atoms with E-state index < -0.39 is 5.41 Å². The summed E-state index contributed by atoms with van der Waals surface area (Å²) in [4.78, 5) is 14.2. The molecular weight excluding hydrogens is 196 g/mol. The van der Waals surface area contributed by atoms with Gasteiger partial charge in [0.2, 0.25) is 5.91 Å². The lowest BCUT2D eigenvalue weighted by atomic mass is 9.92. The minimum atomic E-state index is -0.695. The van der Waals surface area contributed by atoms with Gasteiger partial charge in [0.05, 0.1) is 10.4 Å². The fraction of sp³-hybridized carbons (Fsp3) is 0.800. The Morgan fingerprint density at radius 1 is 1.57 bits per heavy atom. The first-order valence-corrected chi connectivity index (χ1v) is 5.36. The van der Waals surface area contributed by atoms with Crippen molar-refractivity contribution in [2.75, 3.05) is 13.1 Å². The zero-order valence-electron chi connectivity index (χ0n) is 9.04. The van der Waals surface area contributed by atoms with Crippen molar-refractivity contribution in [1.29, 1.82) is 0 Å². The number of amides is 1. The van der Waals surface area contributed by atoms with Crippen molar-refractivity contribution in [1.82, 2.24) is 4.90 Å². The van der Waals surface area contributed by atoms with Gasteiger partial charge in [-0.3, -0.25) is 4.79 Å². The van der Waals surface area contributed by atoms with Gasteiger partial charge >= 0.3 is 0 Å². The third-order valence-corrected chi connectivity index (χ3v) is 3.37. The van der Waals surface area contributed by atoms with Gasteiger partial charge in [0.1, 0.15) is 0 Å². The molecule has 4 heteroatoms. The van der Waals surface area contributed by atoms with Crippen LogP contribution >= 0.6 is 12.2 Å². The van der Waals surface area contributed by atoms with Gasteiger partial charge in [-0.15, -0.1) is 0 Å². The molecule has 2 N–H and O–H groups in total. The second-order valence-corrected chi connectivity index (χ2v) is 5.07. The van der Waals surface area contributed by atoms with Crippen LogP contribution in [0.25, 0.3) is 0 Å². The zero-order chi connectivity index (χ0) is 10.9. The van der Waals surface area contributed by atoms with E-state index in [0.717, 1.165) is 19.5 Å². The number of nitrogens with zero attached hydrogens (tertiary/aromatic N) is 1. The van der Waals surface area contributed by atoms with E-state index in [1.54, 1.807) is 13.8 Å². The molecule has 1 saturated heterocycles. The molecule has 0 bridgehead atoms. The third-order valence-electron chi connectivity index (χ3n) is 2.86. The fourth-order valence-electron chi connectivity index (χ4n) is 1.62. The lowest BCUT2D eigenvalue weighted by Crippen LogP contribution is -2.46. The van der Waals surface area contributed by atoms with Crippen molar-refractivity contribution in [3.63, 3.8) is 0 Å². The van der Waals surface area contributed by atoms with Crippen LogP contribution < -0.4 is 5.73 Å². The normalized spacial score (nSPS) is 22.5. The minimum absolute atomic E-state index is 0.0642. The summed E-state index contributed by atoms with van der Waals surface area (Å²) in [7, 11) is 0. The standard InChI is InChI=1S/C10H18N2OS/c1-7-4-5-12(6-7)9(13)10(2,3)8(11)14/h7H,4-6H2,1-3H3,(H2,11,14). The summed E-state index contributed by atoms with van der Waals surface area (Å²) in [5.74, 6) is 0.662. The third kappa shape index (κ3) is 2.05. The Labute approximate surface area is 90.6 Å². The summed E-state index contributed by atoms with van der Waals surface area (Å²) in [5.41, 5.74) is 4.86. The van der Waals surface area contributed by atoms with E-state index in [2.05, 4.69) is 6.92 Å². The van der Waals surface area contributed by atoms with Crippen molar-refractivity contribution in [2.45, 2.75) is 27.2 Å². The highest BCUT2D eigenvalue weighted by Crippen LogP contribution is 2.24. The predicted molar refractivity (Wildman–Crippen MR) is 60.9 cm³/mol. The van der Waals surface area contributed by atoms with Crippen LogP contribution in [0.15, 0.2) is 0 Å². The molecule has 80 valence electrons. The Hall–Kier alpha value is -0.640. The number of hydrogen-bond donors (Lipinski definition) is 1. The molecule has 0 aromatic rings. The number of carbonyl (C=O) groups excluding carboxylic acids is 1. The molecule has 14 heavy (non-hydrogen) atoms. The van der Waals surface area contributed by atoms with Gasteiger partial charge in [0.25, 0.3) is 0 Å². The van der Waals surface area contributed by atoms with Gasteiger partial charge in [-0.05, 0) is 26.2 Å². The molecule has 1 amide bonds. The van der Waals surface area contributed by atoms with E-state index in [4.69, 9.17) is 18.0 Å². The molecule has 0 radical (unpaired) electrons. The van der Waals surface area contributed by atoms with Crippen molar-refractivity contribution in [3.8, 4) is 0 Å². The van der Waals surface area contributed by atoms with Crippen LogP contribution in [0.4, 0.5) is 0 Å². The summed E-state index contributed by atoms with van der Waals surface area (Å²) in [5, 5.41) is 0. The van der Waals surface area contributed by atoms with Crippen LogP contribution in [0, 0.1) is 11.3 Å². The molecule has 1 rings (SSSR count). The van der Waals surface area contributed by atoms with Crippen molar-refractivity contribution < 1.29 is 4.79 Å². The predicted octanol–water partition coefficient (Wildman–Crippen LogP) is 1.17. The van der Waals surface area contributed by atoms with Crippen LogP contribution in [0.2, 0.25) is 0 Å². The minimum Gasteiger partial charge on any atom is -0.392 e. The van der Waals surface area contributed by atoms with Crippen LogP contribution in [-0.2, 0) is 4.79 Å². The Kier molecular flexibility index (Phi) is 3.14. The molecule has 0 aromatic carbocycles. The molecular formula is C10H18N2OS. The molecule has 1 heterocycles. The molecule has 1 aliphatic heterocycles. The van der Waals surface area contributed by atoms with Crippen LogP contribution in [0.5, 0.6) is 0 Å². The van der Waals surface area contributed by atoms with Gasteiger partial charge in [-0.2, -0.15) is 0 Å². The maximum atomic E-state index is 12.0. The topological polar surface area (TPSA) is 46.3 Å². The van der Waals surface area contributed by atoms with Crippen LogP contribution in [0.1, 0.15) is 27.2 Å². The quantitative estimate of drug-likeness (QED) is 0.702. The zero-order valence-corrected chi connectivity index (χ0v) is 9.86. The first kappa shape index (κ1) is 11.4. The van der Waals surface area contributed by atoms with Crippen molar-refractivity contribution in [3.05, 3.63) is 0 Å². The van der Waals surface area contributed by atoms with E-state index in [9.17, 15) is 4.79 Å². The lowest BCUT2D eigenvalue weighted by Gasteiger charge is -2.28. The van der Waals surface area contributed by atoms with E-state index >= 15 is 0 Å². The van der Waals surface area contributed by atoms with Gasteiger partial charge in [0.15, 0.2) is 0 Å². The number of nitrogens with two attached hydrogens (primary N) is 1. The smallest absolute Gasteiger partial charge is 0.235 e. The molecule has 1 aliphatic rings. The van der Waals surface area contributed by atoms with Gasteiger partial charge in [-0.25, -0.2) is 0 Å². The molecule has 0 spiro atoms. The lowest BCUT2D eigenvalue weighted by molar-refractivity contribution is -0.135. The van der Waals surface area contributed by atoms with Crippen molar-refractivity contribution in [2.24, 2.45) is 17.1 Å². The highest BCUT2D eigenvalue weighted by molar-refractivity contribution is 7.80. The molecule has 1 unspecified atom stereocenters. The van der Waals surface area contributed by atoms with E-state index in [1.807, 2.05) is 4.90 Å². The Morgan fingerprint density at radius 2 is 2.14 bits per heavy atom.